The standard InChI is InChI=1S/C22H34N4O6S/c1-22(2,3)32-21(29)24-13-12-23-19(27)17-7-6-14-26(15-17)20(28)16-8-10-18(11-9-16)33(30,31)25(4)5/h8-11,17H,6-7,12-15H2,1-5H3,(H,23,27)(H,24,29). The molecule has 1 aromatic rings. The summed E-state index contributed by atoms with van der Waals surface area (Å²) >= 11 is 0. The van der Waals surface area contributed by atoms with Gasteiger partial charge in [-0.2, -0.15) is 0 Å². The number of alkyl carbamates (subject to hydrolysis) is 1. The van der Waals surface area contributed by atoms with Gasteiger partial charge in [0.15, 0.2) is 0 Å². The van der Waals surface area contributed by atoms with Gasteiger partial charge in [0.1, 0.15) is 5.60 Å². The Kier molecular flexibility index (Phi) is 8.84. The molecule has 184 valence electrons. The number of likely N-dealkylation sites (tertiary alicyclic amines) is 1. The zero-order valence-corrected chi connectivity index (χ0v) is 20.7. The van der Waals surface area contributed by atoms with Gasteiger partial charge in [-0.1, -0.05) is 0 Å². The van der Waals surface area contributed by atoms with Crippen LogP contribution in [-0.4, -0.2) is 81.4 Å². The molecule has 1 saturated heterocycles. The van der Waals surface area contributed by atoms with Crippen LogP contribution in [0.15, 0.2) is 29.2 Å². The summed E-state index contributed by atoms with van der Waals surface area (Å²) in [5.41, 5.74) is -0.220. The van der Waals surface area contributed by atoms with Crippen molar-refractivity contribution in [1.29, 1.82) is 0 Å². The molecule has 0 aliphatic carbocycles. The Morgan fingerprint density at radius 1 is 1.09 bits per heavy atom. The van der Waals surface area contributed by atoms with Crippen molar-refractivity contribution in [1.82, 2.24) is 19.8 Å². The highest BCUT2D eigenvalue weighted by Crippen LogP contribution is 2.20. The lowest BCUT2D eigenvalue weighted by molar-refractivity contribution is -0.126. The van der Waals surface area contributed by atoms with E-state index in [2.05, 4.69) is 10.6 Å². The van der Waals surface area contributed by atoms with E-state index in [0.29, 0.717) is 24.9 Å². The molecule has 1 heterocycles. The largest absolute Gasteiger partial charge is 0.444 e. The molecule has 1 atom stereocenters. The van der Waals surface area contributed by atoms with Crippen LogP contribution in [0.5, 0.6) is 0 Å². The van der Waals surface area contributed by atoms with Gasteiger partial charge < -0.3 is 20.3 Å². The van der Waals surface area contributed by atoms with Gasteiger partial charge in [-0.05, 0) is 57.9 Å². The summed E-state index contributed by atoms with van der Waals surface area (Å²) in [5.74, 6) is -0.767. The van der Waals surface area contributed by atoms with Gasteiger partial charge in [0.05, 0.1) is 10.8 Å². The average molecular weight is 483 g/mol. The molecule has 3 amide bonds. The molecule has 1 aliphatic heterocycles. The maximum Gasteiger partial charge on any atom is 0.407 e. The van der Waals surface area contributed by atoms with Crippen LogP contribution in [0.25, 0.3) is 0 Å². The van der Waals surface area contributed by atoms with Crippen molar-refractivity contribution >= 4 is 27.9 Å². The molecule has 0 aromatic heterocycles. The molecule has 1 aromatic carbocycles. The summed E-state index contributed by atoms with van der Waals surface area (Å²) in [4.78, 5) is 38.8. The van der Waals surface area contributed by atoms with Gasteiger partial charge in [0.2, 0.25) is 15.9 Å². The van der Waals surface area contributed by atoms with Crippen molar-refractivity contribution in [2.75, 3.05) is 40.3 Å². The van der Waals surface area contributed by atoms with E-state index in [1.54, 1.807) is 25.7 Å². The van der Waals surface area contributed by atoms with Crippen LogP contribution >= 0.6 is 0 Å². The SMILES string of the molecule is CN(C)S(=O)(=O)c1ccc(C(=O)N2CCCC(C(=O)NCCNC(=O)OC(C)(C)C)C2)cc1. The van der Waals surface area contributed by atoms with E-state index in [-0.39, 0.29) is 42.3 Å². The van der Waals surface area contributed by atoms with Gasteiger partial charge in [0.25, 0.3) is 5.91 Å². The van der Waals surface area contributed by atoms with E-state index in [9.17, 15) is 22.8 Å². The minimum Gasteiger partial charge on any atom is -0.444 e. The van der Waals surface area contributed by atoms with E-state index in [1.807, 2.05) is 0 Å². The van der Waals surface area contributed by atoms with Crippen molar-refractivity contribution in [3.63, 3.8) is 0 Å². The highest BCUT2D eigenvalue weighted by Gasteiger charge is 2.29. The molecular weight excluding hydrogens is 448 g/mol. The van der Waals surface area contributed by atoms with E-state index >= 15 is 0 Å². The number of amides is 3. The van der Waals surface area contributed by atoms with Crippen molar-refractivity contribution in [2.24, 2.45) is 5.92 Å². The Labute approximate surface area is 195 Å². The molecule has 0 radical (unpaired) electrons. The van der Waals surface area contributed by atoms with Crippen molar-refractivity contribution in [2.45, 2.75) is 44.1 Å². The van der Waals surface area contributed by atoms with Crippen molar-refractivity contribution in [3.8, 4) is 0 Å². The molecule has 2 N–H and O–H groups in total. The zero-order chi connectivity index (χ0) is 24.8. The van der Waals surface area contributed by atoms with Crippen LogP contribution in [0.1, 0.15) is 44.0 Å². The summed E-state index contributed by atoms with van der Waals surface area (Å²) in [5, 5.41) is 5.37. The number of carbonyl (C=O) groups excluding carboxylic acids is 3. The lowest BCUT2D eigenvalue weighted by Gasteiger charge is -2.32. The number of hydrogen-bond donors (Lipinski definition) is 2. The number of hydrogen-bond acceptors (Lipinski definition) is 6. The fraction of sp³-hybridized carbons (Fsp3) is 0.591. The Bertz CT molecular complexity index is 954. The molecule has 11 heteroatoms. The Morgan fingerprint density at radius 2 is 1.70 bits per heavy atom. The monoisotopic (exact) mass is 482 g/mol. The second-order valence-corrected chi connectivity index (χ2v) is 11.3. The predicted molar refractivity (Wildman–Crippen MR) is 123 cm³/mol. The topological polar surface area (TPSA) is 125 Å². The Morgan fingerprint density at radius 3 is 2.27 bits per heavy atom. The average Bonchev–Trinajstić information content (AvgIpc) is 2.75. The summed E-state index contributed by atoms with van der Waals surface area (Å²) in [6.07, 6.45) is 0.804. The van der Waals surface area contributed by atoms with Gasteiger partial charge in [0, 0.05) is 45.8 Å². The van der Waals surface area contributed by atoms with E-state index in [4.69, 9.17) is 4.74 Å². The molecule has 1 fully saturated rings. The van der Waals surface area contributed by atoms with E-state index in [1.165, 1.54) is 38.4 Å². The fourth-order valence-corrected chi connectivity index (χ4v) is 4.25. The number of sulfonamides is 1. The smallest absolute Gasteiger partial charge is 0.407 e. The summed E-state index contributed by atoms with van der Waals surface area (Å²) in [6.45, 7) is 6.60. The van der Waals surface area contributed by atoms with Crippen molar-refractivity contribution in [3.05, 3.63) is 29.8 Å². The molecule has 0 saturated carbocycles. The first kappa shape index (κ1) is 26.6. The first-order valence-corrected chi connectivity index (χ1v) is 12.3. The van der Waals surface area contributed by atoms with Gasteiger partial charge in [-0.3, -0.25) is 9.59 Å². The third-order valence-electron chi connectivity index (χ3n) is 5.05. The maximum atomic E-state index is 12.9. The number of piperidine rings is 1. The zero-order valence-electron chi connectivity index (χ0n) is 19.9. The molecule has 10 nitrogen and oxygen atoms in total. The second kappa shape index (κ2) is 11.0. The third kappa shape index (κ3) is 7.71. The van der Waals surface area contributed by atoms with Gasteiger partial charge in [-0.15, -0.1) is 0 Å². The van der Waals surface area contributed by atoms with Crippen LogP contribution in [0.3, 0.4) is 0 Å². The third-order valence-corrected chi connectivity index (χ3v) is 6.88. The molecule has 1 unspecified atom stereocenters. The molecule has 33 heavy (non-hydrogen) atoms. The first-order valence-electron chi connectivity index (χ1n) is 10.9. The Hall–Kier alpha value is -2.66. The highest BCUT2D eigenvalue weighted by atomic mass is 32.2. The Balaban J connectivity index is 1.87. The van der Waals surface area contributed by atoms with Gasteiger partial charge in [-0.25, -0.2) is 17.5 Å². The lowest BCUT2D eigenvalue weighted by Crippen LogP contribution is -2.46. The number of nitrogens with one attached hydrogen (secondary N) is 2. The van der Waals surface area contributed by atoms with Crippen LogP contribution < -0.4 is 10.6 Å². The number of nitrogens with zero attached hydrogens (tertiary/aromatic N) is 2. The normalized spacial score (nSPS) is 16.9. The number of rotatable bonds is 7. The van der Waals surface area contributed by atoms with Crippen molar-refractivity contribution < 1.29 is 27.5 Å². The molecule has 1 aliphatic rings. The summed E-state index contributed by atoms with van der Waals surface area (Å²) < 4.78 is 30.6. The molecule has 0 spiro atoms. The minimum absolute atomic E-state index is 0.111. The minimum atomic E-state index is -3.57. The molecule has 0 bridgehead atoms. The van der Waals surface area contributed by atoms with Crippen LogP contribution in [0, 0.1) is 5.92 Å². The summed E-state index contributed by atoms with van der Waals surface area (Å²) in [7, 11) is -0.678. The molecular formula is C22H34N4O6S. The van der Waals surface area contributed by atoms with Gasteiger partial charge >= 0.3 is 6.09 Å². The van der Waals surface area contributed by atoms with Crippen LogP contribution in [0.4, 0.5) is 4.79 Å². The lowest BCUT2D eigenvalue weighted by atomic mass is 9.96. The van der Waals surface area contributed by atoms with Crippen LogP contribution in [-0.2, 0) is 19.6 Å². The second-order valence-electron chi connectivity index (χ2n) is 9.12. The van der Waals surface area contributed by atoms with E-state index < -0.39 is 21.7 Å². The number of benzene rings is 1. The van der Waals surface area contributed by atoms with E-state index in [0.717, 1.165) is 4.31 Å². The van der Waals surface area contributed by atoms with Crippen LogP contribution in [0.2, 0.25) is 0 Å². The predicted octanol–water partition coefficient (Wildman–Crippen LogP) is 1.43. The quantitative estimate of drug-likeness (QED) is 0.567. The fourth-order valence-electron chi connectivity index (χ4n) is 3.35. The summed E-state index contributed by atoms with van der Waals surface area (Å²) in [6, 6.07) is 5.80. The molecule has 2 rings (SSSR count). The number of carbonyl (C=O) groups is 3. The maximum absolute atomic E-state index is 12.9. The highest BCUT2D eigenvalue weighted by molar-refractivity contribution is 7.89. The number of ether oxygens (including phenoxy) is 1. The first-order chi connectivity index (χ1) is 15.3.